The Kier molecular flexibility index (Phi) is 7.96. The molecule has 0 radical (unpaired) electrons. The van der Waals surface area contributed by atoms with Crippen molar-refractivity contribution in [1.29, 1.82) is 0 Å². The molecule has 0 fully saturated rings. The Morgan fingerprint density at radius 2 is 2.00 bits per heavy atom. The molecule has 1 atom stereocenters. The van der Waals surface area contributed by atoms with Crippen LogP contribution in [0.15, 0.2) is 52.5 Å². The second-order valence-electron chi connectivity index (χ2n) is 9.38. The van der Waals surface area contributed by atoms with Crippen molar-refractivity contribution >= 4 is 29.1 Å². The van der Waals surface area contributed by atoms with E-state index in [2.05, 4.69) is 36.7 Å². The summed E-state index contributed by atoms with van der Waals surface area (Å²) in [5, 5.41) is 0. The number of nitrogens with two attached hydrogens (primary N) is 1. The summed E-state index contributed by atoms with van der Waals surface area (Å²) in [6.07, 6.45) is 4.04. The van der Waals surface area contributed by atoms with Crippen LogP contribution in [0.2, 0.25) is 0 Å². The van der Waals surface area contributed by atoms with Crippen molar-refractivity contribution < 1.29 is 4.74 Å². The van der Waals surface area contributed by atoms with E-state index < -0.39 is 0 Å². The van der Waals surface area contributed by atoms with Crippen LogP contribution in [-0.2, 0) is 0 Å². The molecule has 1 aliphatic heterocycles. The van der Waals surface area contributed by atoms with Gasteiger partial charge in [-0.3, -0.25) is 4.98 Å². The zero-order valence-electron chi connectivity index (χ0n) is 21.3. The summed E-state index contributed by atoms with van der Waals surface area (Å²) >= 11 is 1.90. The summed E-state index contributed by atoms with van der Waals surface area (Å²) in [6.45, 7) is 12.6. The Hall–Kier alpha value is -3.06. The molecule has 1 aromatic carbocycles. The Balaban J connectivity index is 1.60. The molecule has 0 saturated heterocycles. The Labute approximate surface area is 213 Å². The summed E-state index contributed by atoms with van der Waals surface area (Å²) in [5.41, 5.74) is 11.0. The quantitative estimate of drug-likeness (QED) is 0.298. The number of nitrogens with zero attached hydrogens (tertiary/aromatic N) is 4. The third-order valence-electron chi connectivity index (χ3n) is 6.06. The van der Waals surface area contributed by atoms with Gasteiger partial charge in [-0.25, -0.2) is 9.98 Å². The molecular weight excluding hydrogens is 454 g/mol. The number of anilines is 1. The van der Waals surface area contributed by atoms with Crippen LogP contribution < -0.4 is 15.4 Å². The van der Waals surface area contributed by atoms with Gasteiger partial charge >= 0.3 is 0 Å². The fourth-order valence-electron chi connectivity index (χ4n) is 4.12. The minimum absolute atomic E-state index is 0.429. The lowest BCUT2D eigenvalue weighted by Crippen LogP contribution is -2.31. The predicted molar refractivity (Wildman–Crippen MR) is 147 cm³/mol. The first-order valence-electron chi connectivity index (χ1n) is 12.3. The number of aryl methyl sites for hydroxylation is 3. The first-order valence-corrected chi connectivity index (χ1v) is 13.3. The van der Waals surface area contributed by atoms with Gasteiger partial charge in [-0.2, -0.15) is 0 Å². The molecule has 0 bridgehead atoms. The lowest BCUT2D eigenvalue weighted by Gasteiger charge is -2.26. The van der Waals surface area contributed by atoms with Gasteiger partial charge in [-0.05, 0) is 80.6 Å². The van der Waals surface area contributed by atoms with E-state index in [1.807, 2.05) is 55.9 Å². The fraction of sp³-hybridized carbons (Fsp3) is 0.393. The molecule has 2 N–H and O–H groups in total. The molecule has 6 nitrogen and oxygen atoms in total. The topological polar surface area (TPSA) is 76.6 Å². The zero-order valence-corrected chi connectivity index (χ0v) is 22.2. The molecule has 1 aliphatic rings. The molecule has 0 spiro atoms. The van der Waals surface area contributed by atoms with Gasteiger partial charge in [0, 0.05) is 24.5 Å². The summed E-state index contributed by atoms with van der Waals surface area (Å²) in [5.74, 6) is 4.66. The van der Waals surface area contributed by atoms with Crippen LogP contribution in [-0.4, -0.2) is 34.6 Å². The maximum absolute atomic E-state index is 6.52. The average Bonchev–Trinajstić information content (AvgIpc) is 2.98. The minimum atomic E-state index is 0.429. The van der Waals surface area contributed by atoms with Crippen molar-refractivity contribution in [2.24, 2.45) is 16.6 Å². The Morgan fingerprint density at radius 1 is 1.17 bits per heavy atom. The molecule has 35 heavy (non-hydrogen) atoms. The largest absolute Gasteiger partial charge is 0.455 e. The third-order valence-corrected chi connectivity index (χ3v) is 7.41. The van der Waals surface area contributed by atoms with E-state index >= 15 is 0 Å². The SMILES string of the molecule is CCCCN1CC(C)CSc2cc(C)c(C(N)=Nc3ccc(Oc4ccc(C)nc4)c(C)c3)nc21. The highest BCUT2D eigenvalue weighted by molar-refractivity contribution is 7.99. The van der Waals surface area contributed by atoms with E-state index in [1.165, 1.54) is 4.90 Å². The molecule has 0 amide bonds. The highest BCUT2D eigenvalue weighted by atomic mass is 32.2. The van der Waals surface area contributed by atoms with Crippen molar-refractivity contribution in [2.75, 3.05) is 23.7 Å². The van der Waals surface area contributed by atoms with Crippen LogP contribution in [0, 0.1) is 26.7 Å². The van der Waals surface area contributed by atoms with E-state index in [4.69, 9.17) is 20.4 Å². The predicted octanol–water partition coefficient (Wildman–Crippen LogP) is 6.58. The number of ether oxygens (including phenoxy) is 1. The third kappa shape index (κ3) is 6.14. The van der Waals surface area contributed by atoms with Gasteiger partial charge in [0.2, 0.25) is 0 Å². The van der Waals surface area contributed by atoms with Gasteiger partial charge < -0.3 is 15.4 Å². The summed E-state index contributed by atoms with van der Waals surface area (Å²) in [7, 11) is 0. The molecule has 7 heteroatoms. The minimum Gasteiger partial charge on any atom is -0.455 e. The van der Waals surface area contributed by atoms with Crippen LogP contribution in [0.1, 0.15) is 49.2 Å². The van der Waals surface area contributed by atoms with Gasteiger partial charge in [-0.1, -0.05) is 20.3 Å². The van der Waals surface area contributed by atoms with E-state index in [0.717, 1.165) is 71.5 Å². The van der Waals surface area contributed by atoms with E-state index in [1.54, 1.807) is 6.20 Å². The van der Waals surface area contributed by atoms with Gasteiger partial charge in [0.05, 0.1) is 16.8 Å². The number of thioether (sulfide) groups is 1. The maximum atomic E-state index is 6.52. The molecule has 2 aromatic heterocycles. The van der Waals surface area contributed by atoms with Crippen molar-refractivity contribution in [3.05, 3.63) is 65.1 Å². The van der Waals surface area contributed by atoms with Crippen molar-refractivity contribution in [2.45, 2.75) is 52.4 Å². The Bertz CT molecular complexity index is 1210. The number of aliphatic imine (C=N–C) groups is 1. The molecule has 184 valence electrons. The number of hydrogen-bond donors (Lipinski definition) is 1. The highest BCUT2D eigenvalue weighted by Crippen LogP contribution is 2.36. The van der Waals surface area contributed by atoms with Crippen LogP contribution >= 0.6 is 11.8 Å². The molecule has 0 aliphatic carbocycles. The molecule has 3 aromatic rings. The summed E-state index contributed by atoms with van der Waals surface area (Å²) in [4.78, 5) is 17.7. The van der Waals surface area contributed by atoms with Crippen LogP contribution in [0.3, 0.4) is 0 Å². The van der Waals surface area contributed by atoms with Crippen molar-refractivity contribution in [1.82, 2.24) is 9.97 Å². The van der Waals surface area contributed by atoms with Gasteiger partial charge in [-0.15, -0.1) is 11.8 Å². The van der Waals surface area contributed by atoms with Gasteiger partial charge in [0.1, 0.15) is 28.8 Å². The second-order valence-corrected chi connectivity index (χ2v) is 10.4. The number of aromatic nitrogens is 2. The number of unbranched alkanes of at least 4 members (excludes halogenated alkanes) is 1. The number of hydrogen-bond acceptors (Lipinski definition) is 6. The lowest BCUT2D eigenvalue weighted by molar-refractivity contribution is 0.476. The molecule has 0 saturated carbocycles. The van der Waals surface area contributed by atoms with Gasteiger partial charge in [0.25, 0.3) is 0 Å². The van der Waals surface area contributed by atoms with E-state index in [9.17, 15) is 0 Å². The normalized spacial score (nSPS) is 16.1. The standard InChI is InChI=1S/C28H35N5OS/c1-6-7-12-33-16-18(2)17-35-25-14-20(4)26(32-28(25)33)27(29)31-22-9-11-24(19(3)13-22)34-23-10-8-21(5)30-15-23/h8-11,13-15,18H,6-7,12,16-17H2,1-5H3,(H2,29,31). The van der Waals surface area contributed by atoms with Gasteiger partial charge in [0.15, 0.2) is 0 Å². The molecular formula is C28H35N5OS. The molecule has 3 heterocycles. The van der Waals surface area contributed by atoms with Crippen LogP contribution in [0.4, 0.5) is 11.5 Å². The van der Waals surface area contributed by atoms with Crippen LogP contribution in [0.25, 0.3) is 0 Å². The monoisotopic (exact) mass is 489 g/mol. The summed E-state index contributed by atoms with van der Waals surface area (Å²) < 4.78 is 5.99. The van der Waals surface area contributed by atoms with Crippen molar-refractivity contribution in [3.8, 4) is 11.5 Å². The van der Waals surface area contributed by atoms with Crippen LogP contribution in [0.5, 0.6) is 11.5 Å². The number of benzene rings is 1. The van der Waals surface area contributed by atoms with E-state index in [0.29, 0.717) is 17.5 Å². The highest BCUT2D eigenvalue weighted by Gasteiger charge is 2.23. The number of rotatable bonds is 7. The second kappa shape index (κ2) is 11.1. The molecule has 1 unspecified atom stereocenters. The summed E-state index contributed by atoms with van der Waals surface area (Å²) in [6, 6.07) is 11.9. The first kappa shape index (κ1) is 25.0. The molecule has 4 rings (SSSR count). The average molecular weight is 490 g/mol. The lowest BCUT2D eigenvalue weighted by atomic mass is 10.1. The van der Waals surface area contributed by atoms with Crippen molar-refractivity contribution in [3.63, 3.8) is 0 Å². The van der Waals surface area contributed by atoms with E-state index in [-0.39, 0.29) is 0 Å². The first-order chi connectivity index (χ1) is 16.8. The fourth-order valence-corrected chi connectivity index (χ4v) is 5.25. The number of pyridine rings is 2. The zero-order chi connectivity index (χ0) is 24.9. The number of amidine groups is 1. The maximum Gasteiger partial charge on any atom is 0.150 e. The smallest absolute Gasteiger partial charge is 0.150 e. The Morgan fingerprint density at radius 3 is 2.71 bits per heavy atom. The number of fused-ring (bicyclic) bond motifs is 1.